The van der Waals surface area contributed by atoms with Gasteiger partial charge in [0.15, 0.2) is 0 Å². The number of hydrogen-bond acceptors (Lipinski definition) is 4. The highest BCUT2D eigenvalue weighted by Gasteiger charge is 2.52. The molecular formula is C25H40O4. The molecule has 0 spiro atoms. The van der Waals surface area contributed by atoms with Crippen LogP contribution in [0.2, 0.25) is 0 Å². The van der Waals surface area contributed by atoms with Gasteiger partial charge in [-0.15, -0.1) is 0 Å². The topological polar surface area (TPSA) is 52.6 Å². The Hall–Kier alpha value is -1.06. The lowest BCUT2D eigenvalue weighted by molar-refractivity contribution is -0.151. The highest BCUT2D eigenvalue weighted by atomic mass is 16.5. The lowest BCUT2D eigenvalue weighted by Gasteiger charge is -2.53. The molecule has 0 saturated heterocycles. The van der Waals surface area contributed by atoms with Gasteiger partial charge in [0.25, 0.3) is 0 Å². The highest BCUT2D eigenvalue weighted by molar-refractivity contribution is 5.69. The van der Waals surface area contributed by atoms with Crippen LogP contribution in [0.1, 0.15) is 84.5 Å². The zero-order valence-electron chi connectivity index (χ0n) is 18.6. The summed E-state index contributed by atoms with van der Waals surface area (Å²) < 4.78 is 10.4. The van der Waals surface area contributed by atoms with Crippen molar-refractivity contribution in [2.45, 2.75) is 90.6 Å². The van der Waals surface area contributed by atoms with Crippen LogP contribution >= 0.6 is 0 Å². The average molecular weight is 405 g/mol. The molecule has 0 aromatic rings. The predicted molar refractivity (Wildman–Crippen MR) is 112 cm³/mol. The molecule has 0 amide bonds. The van der Waals surface area contributed by atoms with Crippen molar-refractivity contribution in [1.29, 1.82) is 0 Å². The maximum atomic E-state index is 11.6. The molecule has 4 aliphatic carbocycles. The minimum Gasteiger partial charge on any atom is -0.469 e. The number of fused-ring (bicyclic) bond motifs is 5. The van der Waals surface area contributed by atoms with E-state index in [1.54, 1.807) is 6.92 Å². The number of esters is 2. The van der Waals surface area contributed by atoms with Crippen LogP contribution in [-0.4, -0.2) is 25.2 Å². The number of carbonyl (C=O) groups excluding carboxylic acids is 2. The summed E-state index contributed by atoms with van der Waals surface area (Å²) in [6.45, 7) is 3.92. The normalized spacial score (nSPS) is 42.2. The van der Waals surface area contributed by atoms with Crippen LogP contribution in [0, 0.1) is 47.3 Å². The van der Waals surface area contributed by atoms with Crippen LogP contribution in [0.5, 0.6) is 0 Å². The molecule has 0 heterocycles. The molecule has 4 fully saturated rings. The van der Waals surface area contributed by atoms with E-state index in [2.05, 4.69) is 6.92 Å². The fourth-order valence-electron chi connectivity index (χ4n) is 8.22. The van der Waals surface area contributed by atoms with Gasteiger partial charge in [0.2, 0.25) is 0 Å². The second kappa shape index (κ2) is 8.98. The van der Waals surface area contributed by atoms with E-state index in [1.807, 2.05) is 0 Å². The monoisotopic (exact) mass is 404 g/mol. The van der Waals surface area contributed by atoms with Gasteiger partial charge in [-0.25, -0.2) is 0 Å². The maximum absolute atomic E-state index is 11.6. The summed E-state index contributed by atoms with van der Waals surface area (Å²) in [6, 6.07) is 0. The molecule has 0 aromatic carbocycles. The highest BCUT2D eigenvalue weighted by Crippen LogP contribution is 2.60. The predicted octanol–water partition coefficient (Wildman–Crippen LogP) is 5.39. The second-order valence-electron chi connectivity index (χ2n) is 10.6. The van der Waals surface area contributed by atoms with Crippen molar-refractivity contribution in [1.82, 2.24) is 0 Å². The summed E-state index contributed by atoms with van der Waals surface area (Å²) in [5, 5.41) is 0. The van der Waals surface area contributed by atoms with E-state index in [0.717, 1.165) is 60.7 Å². The lowest BCUT2D eigenvalue weighted by Crippen LogP contribution is -2.46. The Labute approximate surface area is 176 Å². The minimum absolute atomic E-state index is 0.0576. The Kier molecular flexibility index (Phi) is 6.56. The molecule has 0 unspecified atom stereocenters. The molecule has 164 valence electrons. The Morgan fingerprint density at radius 3 is 2.24 bits per heavy atom. The van der Waals surface area contributed by atoms with Crippen LogP contribution in [0.15, 0.2) is 0 Å². The van der Waals surface area contributed by atoms with E-state index in [-0.39, 0.29) is 18.0 Å². The van der Waals surface area contributed by atoms with Gasteiger partial charge < -0.3 is 9.47 Å². The summed E-state index contributed by atoms with van der Waals surface area (Å²) in [6.07, 6.45) is 13.5. The largest absolute Gasteiger partial charge is 0.469 e. The first-order valence-corrected chi connectivity index (χ1v) is 12.2. The standard InChI is InChI=1S/C25H40O4/c1-15(4-13-25(27)28-3)19-9-10-24-21(19)11-12-22-20-8-6-18(29-16(2)26)14-17(20)5-7-23(22)24/h15,17-24H,4-14H2,1-3H3/t15-,17-,18-,19-,20+,21+,22+,23-,24+/m0/s1. The maximum Gasteiger partial charge on any atom is 0.305 e. The molecule has 0 bridgehead atoms. The van der Waals surface area contributed by atoms with Gasteiger partial charge in [-0.2, -0.15) is 0 Å². The minimum atomic E-state index is -0.110. The van der Waals surface area contributed by atoms with Crippen LogP contribution in [-0.2, 0) is 19.1 Å². The third-order valence-electron chi connectivity index (χ3n) is 9.38. The quantitative estimate of drug-likeness (QED) is 0.577. The molecule has 4 rings (SSSR count). The Morgan fingerprint density at radius 2 is 1.48 bits per heavy atom. The smallest absolute Gasteiger partial charge is 0.305 e. The first-order valence-electron chi connectivity index (χ1n) is 12.2. The van der Waals surface area contributed by atoms with Crippen molar-refractivity contribution in [3.8, 4) is 0 Å². The first-order chi connectivity index (χ1) is 14.0. The van der Waals surface area contributed by atoms with Gasteiger partial charge in [-0.05, 0) is 112 Å². The van der Waals surface area contributed by atoms with E-state index in [0.29, 0.717) is 12.3 Å². The van der Waals surface area contributed by atoms with Gasteiger partial charge in [-0.3, -0.25) is 9.59 Å². The Balaban J connectivity index is 1.35. The third kappa shape index (κ3) is 4.37. The number of carbonyl (C=O) groups is 2. The molecule has 0 aromatic heterocycles. The summed E-state index contributed by atoms with van der Waals surface area (Å²) in [4.78, 5) is 22.9. The van der Waals surface area contributed by atoms with E-state index in [9.17, 15) is 9.59 Å². The van der Waals surface area contributed by atoms with Crippen molar-refractivity contribution in [3.63, 3.8) is 0 Å². The van der Waals surface area contributed by atoms with E-state index in [1.165, 1.54) is 52.1 Å². The van der Waals surface area contributed by atoms with Crippen LogP contribution < -0.4 is 0 Å². The van der Waals surface area contributed by atoms with Gasteiger partial charge in [0, 0.05) is 13.3 Å². The number of rotatable bonds is 5. The number of hydrogen-bond donors (Lipinski definition) is 0. The van der Waals surface area contributed by atoms with Crippen molar-refractivity contribution < 1.29 is 19.1 Å². The van der Waals surface area contributed by atoms with Gasteiger partial charge in [0.05, 0.1) is 7.11 Å². The van der Waals surface area contributed by atoms with Gasteiger partial charge in [-0.1, -0.05) is 6.92 Å². The SMILES string of the molecule is COC(=O)CC[C@H](C)[C@@H]1CC[C@H]2[C@H]3CC[C@H]4C[C@@H](OC(C)=O)CC[C@H]4[C@H]3CC[C@@H]21. The summed E-state index contributed by atoms with van der Waals surface area (Å²) in [5.74, 6) is 6.58. The zero-order valence-corrected chi connectivity index (χ0v) is 18.6. The lowest BCUT2D eigenvalue weighted by atomic mass is 9.53. The van der Waals surface area contributed by atoms with Crippen LogP contribution in [0.25, 0.3) is 0 Å². The molecule has 4 nitrogen and oxygen atoms in total. The summed E-state index contributed by atoms with van der Waals surface area (Å²) >= 11 is 0. The van der Waals surface area contributed by atoms with E-state index in [4.69, 9.17) is 9.47 Å². The first kappa shape index (κ1) is 21.2. The molecule has 4 saturated carbocycles. The van der Waals surface area contributed by atoms with E-state index >= 15 is 0 Å². The van der Waals surface area contributed by atoms with Crippen LogP contribution in [0.4, 0.5) is 0 Å². The van der Waals surface area contributed by atoms with Crippen molar-refractivity contribution in [2.75, 3.05) is 7.11 Å². The average Bonchev–Trinajstić information content (AvgIpc) is 3.15. The van der Waals surface area contributed by atoms with Gasteiger partial charge in [0.1, 0.15) is 6.10 Å². The fraction of sp³-hybridized carbons (Fsp3) is 0.920. The Morgan fingerprint density at radius 1 is 0.862 bits per heavy atom. The molecular weight excluding hydrogens is 364 g/mol. The number of methoxy groups -OCH3 is 1. The second-order valence-corrected chi connectivity index (χ2v) is 10.6. The number of ether oxygens (including phenoxy) is 2. The summed E-state index contributed by atoms with van der Waals surface area (Å²) in [5.41, 5.74) is 0. The molecule has 0 radical (unpaired) electrons. The van der Waals surface area contributed by atoms with Gasteiger partial charge >= 0.3 is 11.9 Å². The van der Waals surface area contributed by atoms with Crippen molar-refractivity contribution >= 4 is 11.9 Å². The molecule has 4 aliphatic rings. The molecule has 29 heavy (non-hydrogen) atoms. The van der Waals surface area contributed by atoms with Crippen molar-refractivity contribution in [3.05, 3.63) is 0 Å². The van der Waals surface area contributed by atoms with Crippen LogP contribution in [0.3, 0.4) is 0 Å². The molecule has 9 atom stereocenters. The molecule has 0 N–H and O–H groups in total. The third-order valence-corrected chi connectivity index (χ3v) is 9.38. The van der Waals surface area contributed by atoms with Crippen molar-refractivity contribution in [2.24, 2.45) is 47.3 Å². The molecule has 0 aliphatic heterocycles. The Bertz CT molecular complexity index is 602. The molecule has 4 heteroatoms. The van der Waals surface area contributed by atoms with E-state index < -0.39 is 0 Å². The fourth-order valence-corrected chi connectivity index (χ4v) is 8.22. The summed E-state index contributed by atoms with van der Waals surface area (Å²) in [7, 11) is 1.50. The zero-order chi connectivity index (χ0) is 20.5.